The van der Waals surface area contributed by atoms with Crippen LogP contribution in [0, 0.1) is 12.7 Å². The summed E-state index contributed by atoms with van der Waals surface area (Å²) in [5.41, 5.74) is -3.53. The van der Waals surface area contributed by atoms with Crippen LogP contribution in [0.4, 0.5) is 17.6 Å². The molecule has 1 fully saturated rings. The quantitative estimate of drug-likeness (QED) is 0.151. The number of piperidine rings is 1. The van der Waals surface area contributed by atoms with Gasteiger partial charge in [0, 0.05) is 25.1 Å². The number of aliphatic carboxylic acids is 1. The first-order valence-corrected chi connectivity index (χ1v) is 16.5. The predicted octanol–water partition coefficient (Wildman–Crippen LogP) is 5.33. The van der Waals surface area contributed by atoms with Gasteiger partial charge in [-0.2, -0.15) is 13.2 Å². The van der Waals surface area contributed by atoms with Crippen molar-refractivity contribution in [3.8, 4) is 0 Å². The van der Waals surface area contributed by atoms with Gasteiger partial charge >= 0.3 is 17.8 Å². The number of benzene rings is 2. The minimum Gasteiger partial charge on any atom is -0.481 e. The molecule has 2 aromatic carbocycles. The van der Waals surface area contributed by atoms with E-state index in [2.05, 4.69) is 10.2 Å². The molecule has 1 atom stereocenters. The van der Waals surface area contributed by atoms with E-state index in [-0.39, 0.29) is 43.8 Å². The van der Waals surface area contributed by atoms with E-state index in [1.165, 1.54) is 0 Å². The number of carbonyl (C=O) groups is 1. The van der Waals surface area contributed by atoms with Crippen molar-refractivity contribution in [2.45, 2.75) is 76.7 Å². The largest absolute Gasteiger partial charge is 0.481 e. The number of nitrogens with zero attached hydrogens (tertiary/aromatic N) is 3. The number of carboxylic acid groups (broad SMARTS) is 1. The van der Waals surface area contributed by atoms with Gasteiger partial charge in [0.2, 0.25) is 0 Å². The molecule has 0 aliphatic carbocycles. The van der Waals surface area contributed by atoms with E-state index in [1.807, 2.05) is 19.1 Å². The summed E-state index contributed by atoms with van der Waals surface area (Å²) in [6.07, 6.45) is -3.97. The molecular formula is C36H38F4N4O6. The minimum atomic E-state index is -4.89. The van der Waals surface area contributed by atoms with Crippen molar-refractivity contribution < 1.29 is 36.6 Å². The highest BCUT2D eigenvalue weighted by Crippen LogP contribution is 2.43. The Hall–Kier alpha value is -4.53. The second-order valence-corrected chi connectivity index (χ2v) is 12.9. The normalized spacial score (nSPS) is 16.5. The molecular weight excluding hydrogens is 660 g/mol. The first-order chi connectivity index (χ1) is 23.9. The Morgan fingerprint density at radius 2 is 1.74 bits per heavy atom. The molecule has 14 heteroatoms. The Morgan fingerprint density at radius 3 is 2.40 bits per heavy atom. The average Bonchev–Trinajstić information content (AvgIpc) is 3.66. The van der Waals surface area contributed by atoms with E-state index < -0.39 is 58.5 Å². The summed E-state index contributed by atoms with van der Waals surface area (Å²) in [7, 11) is 0. The van der Waals surface area contributed by atoms with Gasteiger partial charge in [0.05, 0.1) is 49.1 Å². The van der Waals surface area contributed by atoms with Crippen LogP contribution in [0.3, 0.4) is 0 Å². The summed E-state index contributed by atoms with van der Waals surface area (Å²) in [4.78, 5) is 42.1. The fourth-order valence-electron chi connectivity index (χ4n) is 7.02. The number of alkyl halides is 3. The number of ether oxygens (including phenoxy) is 1. The van der Waals surface area contributed by atoms with Crippen molar-refractivity contribution in [1.29, 1.82) is 0 Å². The van der Waals surface area contributed by atoms with Crippen LogP contribution < -0.4 is 16.6 Å². The molecule has 1 unspecified atom stereocenters. The van der Waals surface area contributed by atoms with Gasteiger partial charge in [-0.1, -0.05) is 36.4 Å². The molecule has 50 heavy (non-hydrogen) atoms. The number of aromatic nitrogens is 2. The number of hydrogen-bond donors (Lipinski definition) is 2. The lowest BCUT2D eigenvalue weighted by Crippen LogP contribution is -2.50. The zero-order valence-corrected chi connectivity index (χ0v) is 27.5. The molecule has 0 radical (unpaired) electrons. The standard InChI is InChI=1S/C36H38F4N4O6/c1-23-12-13-25(50-23)19-42-17-14-35(15-18-42)32-30(22-49-35)43(20-26-27(36(38,39)40)9-5-10-28(26)37)34(48)44(33(32)47)21-29(24-7-3-2-4-8-24)41-16-6-11-31(45)46/h2-5,7-10,12-13,29,41H,6,11,14-22H2,1H3,(H,45,46). The highest BCUT2D eigenvalue weighted by molar-refractivity contribution is 5.66. The highest BCUT2D eigenvalue weighted by Gasteiger charge is 2.47. The van der Waals surface area contributed by atoms with Gasteiger partial charge in [-0.05, 0) is 62.6 Å². The minimum absolute atomic E-state index is 0.0965. The molecule has 0 saturated carbocycles. The van der Waals surface area contributed by atoms with E-state index in [1.54, 1.807) is 30.3 Å². The van der Waals surface area contributed by atoms with Gasteiger partial charge in [-0.15, -0.1) is 0 Å². The molecule has 2 aliphatic heterocycles. The number of rotatable bonds is 12. The molecule has 0 bridgehead atoms. The number of furan rings is 1. The topological polar surface area (TPSA) is 119 Å². The van der Waals surface area contributed by atoms with Gasteiger partial charge in [-0.3, -0.25) is 23.6 Å². The third-order valence-corrected chi connectivity index (χ3v) is 9.58. The predicted molar refractivity (Wildman–Crippen MR) is 174 cm³/mol. The van der Waals surface area contributed by atoms with Crippen LogP contribution in [0.2, 0.25) is 0 Å². The summed E-state index contributed by atoms with van der Waals surface area (Å²) in [6, 6.07) is 14.7. The molecule has 4 aromatic rings. The highest BCUT2D eigenvalue weighted by atomic mass is 19.4. The van der Waals surface area contributed by atoms with E-state index in [0.717, 1.165) is 38.9 Å². The van der Waals surface area contributed by atoms with Crippen molar-refractivity contribution in [2.75, 3.05) is 19.6 Å². The van der Waals surface area contributed by atoms with E-state index in [0.29, 0.717) is 38.0 Å². The van der Waals surface area contributed by atoms with Crippen LogP contribution in [-0.2, 0) is 47.5 Å². The number of fused-ring (bicyclic) bond motifs is 2. The zero-order valence-electron chi connectivity index (χ0n) is 27.5. The number of likely N-dealkylation sites (tertiary alicyclic amines) is 1. The Morgan fingerprint density at radius 1 is 1.00 bits per heavy atom. The molecule has 266 valence electrons. The summed E-state index contributed by atoms with van der Waals surface area (Å²) >= 11 is 0. The summed E-state index contributed by atoms with van der Waals surface area (Å²) in [6.45, 7) is 2.49. The Bertz CT molecular complexity index is 1960. The van der Waals surface area contributed by atoms with E-state index >= 15 is 4.39 Å². The van der Waals surface area contributed by atoms with Crippen molar-refractivity contribution in [3.05, 3.63) is 127 Å². The first-order valence-electron chi connectivity index (χ1n) is 16.5. The zero-order chi connectivity index (χ0) is 35.6. The van der Waals surface area contributed by atoms with Gasteiger partial charge in [0.25, 0.3) is 5.56 Å². The SMILES string of the molecule is Cc1ccc(CN2CCC3(CC2)OCc2c3c(=O)n(CC(NCCCC(=O)O)c3ccccc3)c(=O)n2Cc2c(F)cccc2C(F)(F)F)o1. The Kier molecular flexibility index (Phi) is 10.1. The molecule has 6 rings (SSSR count). The van der Waals surface area contributed by atoms with Gasteiger partial charge in [-0.25, -0.2) is 9.18 Å². The second kappa shape index (κ2) is 14.4. The maximum absolute atomic E-state index is 15.2. The molecule has 1 spiro atoms. The maximum atomic E-state index is 15.2. The van der Waals surface area contributed by atoms with Crippen molar-refractivity contribution >= 4 is 5.97 Å². The van der Waals surface area contributed by atoms with Gasteiger partial charge in [0.15, 0.2) is 0 Å². The van der Waals surface area contributed by atoms with Crippen molar-refractivity contribution in [3.63, 3.8) is 0 Å². The number of aryl methyl sites for hydroxylation is 1. The van der Waals surface area contributed by atoms with Crippen molar-refractivity contribution in [1.82, 2.24) is 19.4 Å². The van der Waals surface area contributed by atoms with Gasteiger partial charge < -0.3 is 19.6 Å². The number of carboxylic acids is 1. The third kappa shape index (κ3) is 7.32. The molecule has 2 N–H and O–H groups in total. The van der Waals surface area contributed by atoms with Crippen LogP contribution in [0.5, 0.6) is 0 Å². The molecule has 2 aliphatic rings. The van der Waals surface area contributed by atoms with Crippen molar-refractivity contribution in [2.24, 2.45) is 0 Å². The molecule has 4 heterocycles. The van der Waals surface area contributed by atoms with Crippen LogP contribution in [-0.4, -0.2) is 44.7 Å². The molecule has 1 saturated heterocycles. The summed E-state index contributed by atoms with van der Waals surface area (Å²) < 4.78 is 71.6. The lowest BCUT2D eigenvalue weighted by Gasteiger charge is -2.38. The number of nitrogens with one attached hydrogen (secondary N) is 1. The maximum Gasteiger partial charge on any atom is 0.416 e. The summed E-state index contributed by atoms with van der Waals surface area (Å²) in [5.74, 6) is -0.525. The number of hydrogen-bond acceptors (Lipinski definition) is 7. The van der Waals surface area contributed by atoms with Crippen LogP contribution in [0.1, 0.15) is 71.2 Å². The van der Waals surface area contributed by atoms with Gasteiger partial charge in [0.1, 0.15) is 22.9 Å². The summed E-state index contributed by atoms with van der Waals surface area (Å²) in [5, 5.41) is 12.4. The monoisotopic (exact) mass is 698 g/mol. The smallest absolute Gasteiger partial charge is 0.416 e. The molecule has 0 amide bonds. The lowest BCUT2D eigenvalue weighted by atomic mass is 9.85. The number of halogens is 4. The van der Waals surface area contributed by atoms with E-state index in [9.17, 15) is 27.6 Å². The average molecular weight is 699 g/mol. The fraction of sp³-hybridized carbons (Fsp3) is 0.417. The van der Waals surface area contributed by atoms with Crippen LogP contribution >= 0.6 is 0 Å². The van der Waals surface area contributed by atoms with Crippen LogP contribution in [0.15, 0.2) is 74.7 Å². The fourth-order valence-corrected chi connectivity index (χ4v) is 7.02. The molecule has 10 nitrogen and oxygen atoms in total. The van der Waals surface area contributed by atoms with Crippen LogP contribution in [0.25, 0.3) is 0 Å². The lowest BCUT2D eigenvalue weighted by molar-refractivity contribution is -0.138. The Labute approximate surface area is 284 Å². The Balaban J connectivity index is 1.42. The molecule has 2 aromatic heterocycles. The first kappa shape index (κ1) is 35.3. The third-order valence-electron chi connectivity index (χ3n) is 9.58. The van der Waals surface area contributed by atoms with E-state index in [4.69, 9.17) is 14.3 Å². The second-order valence-electron chi connectivity index (χ2n) is 12.9.